The average Bonchev–Trinajstić information content (AvgIpc) is 2.68. The lowest BCUT2D eigenvalue weighted by Crippen LogP contribution is -2.52. The van der Waals surface area contributed by atoms with Crippen molar-refractivity contribution < 1.29 is 18.7 Å². The van der Waals surface area contributed by atoms with Gasteiger partial charge in [-0.2, -0.15) is 0 Å². The SMILES string of the molecule is NC[C@@H](C(=O)Nc1ccc(N2CCOCC2=O)c(F)c1)N(CC1CCC1)CC1CCC1. The van der Waals surface area contributed by atoms with Crippen molar-refractivity contribution in [3.8, 4) is 0 Å². The highest BCUT2D eigenvalue weighted by Gasteiger charge is 2.32. The second-order valence-electron chi connectivity index (χ2n) is 9.05. The Bertz CT molecular complexity index is 781. The third-order valence-electron chi connectivity index (χ3n) is 6.89. The fourth-order valence-corrected chi connectivity index (χ4v) is 4.57. The maximum atomic E-state index is 14.7. The maximum absolute atomic E-state index is 14.7. The summed E-state index contributed by atoms with van der Waals surface area (Å²) in [5.74, 6) is 0.274. The van der Waals surface area contributed by atoms with Gasteiger partial charge in [0, 0.05) is 31.9 Å². The molecule has 0 unspecified atom stereocenters. The van der Waals surface area contributed by atoms with E-state index in [0.29, 0.717) is 30.7 Å². The van der Waals surface area contributed by atoms with Crippen LogP contribution in [0.5, 0.6) is 0 Å². The first kappa shape index (κ1) is 22.2. The molecule has 0 spiro atoms. The third kappa shape index (κ3) is 5.25. The minimum Gasteiger partial charge on any atom is -0.370 e. The molecule has 3 fully saturated rings. The number of halogens is 1. The van der Waals surface area contributed by atoms with E-state index in [1.807, 2.05) is 0 Å². The van der Waals surface area contributed by atoms with Crippen LogP contribution in [-0.4, -0.2) is 62.1 Å². The molecule has 4 rings (SSSR count). The van der Waals surface area contributed by atoms with Gasteiger partial charge in [0.15, 0.2) is 0 Å². The van der Waals surface area contributed by atoms with Crippen LogP contribution in [0.4, 0.5) is 15.8 Å². The monoisotopic (exact) mass is 432 g/mol. The summed E-state index contributed by atoms with van der Waals surface area (Å²) in [7, 11) is 0. The van der Waals surface area contributed by atoms with E-state index < -0.39 is 11.9 Å². The second kappa shape index (κ2) is 10.1. The number of anilines is 2. The molecule has 1 heterocycles. The van der Waals surface area contributed by atoms with Gasteiger partial charge in [0.1, 0.15) is 18.5 Å². The number of carbonyl (C=O) groups is 2. The van der Waals surface area contributed by atoms with Crippen molar-refractivity contribution in [1.82, 2.24) is 4.90 Å². The Morgan fingerprint density at radius 3 is 2.42 bits per heavy atom. The lowest BCUT2D eigenvalue weighted by Gasteiger charge is -2.40. The van der Waals surface area contributed by atoms with E-state index in [1.54, 1.807) is 6.07 Å². The number of benzene rings is 1. The van der Waals surface area contributed by atoms with Gasteiger partial charge in [-0.05, 0) is 55.7 Å². The van der Waals surface area contributed by atoms with Crippen LogP contribution in [0.1, 0.15) is 38.5 Å². The Morgan fingerprint density at radius 2 is 1.90 bits per heavy atom. The lowest BCUT2D eigenvalue weighted by molar-refractivity contribution is -0.125. The van der Waals surface area contributed by atoms with Crippen LogP contribution in [0, 0.1) is 17.7 Å². The molecule has 3 aliphatic rings. The predicted octanol–water partition coefficient (Wildman–Crippen LogP) is 2.36. The van der Waals surface area contributed by atoms with Gasteiger partial charge in [0.05, 0.1) is 12.3 Å². The van der Waals surface area contributed by atoms with Crippen molar-refractivity contribution in [1.29, 1.82) is 0 Å². The van der Waals surface area contributed by atoms with E-state index in [1.165, 1.54) is 55.6 Å². The number of nitrogens with one attached hydrogen (secondary N) is 1. The van der Waals surface area contributed by atoms with Crippen molar-refractivity contribution in [2.24, 2.45) is 17.6 Å². The molecule has 2 aliphatic carbocycles. The highest BCUT2D eigenvalue weighted by atomic mass is 19.1. The predicted molar refractivity (Wildman–Crippen MR) is 117 cm³/mol. The molecule has 8 heteroatoms. The molecule has 2 saturated carbocycles. The number of nitrogens with two attached hydrogens (primary N) is 1. The third-order valence-corrected chi connectivity index (χ3v) is 6.89. The summed E-state index contributed by atoms with van der Waals surface area (Å²) in [6, 6.07) is 4.01. The first-order valence-electron chi connectivity index (χ1n) is 11.5. The highest BCUT2D eigenvalue weighted by molar-refractivity contribution is 5.97. The molecule has 1 atom stereocenters. The van der Waals surface area contributed by atoms with Crippen LogP contribution < -0.4 is 16.0 Å². The number of ether oxygens (including phenoxy) is 1. The smallest absolute Gasteiger partial charge is 0.253 e. The number of morpholine rings is 1. The molecule has 31 heavy (non-hydrogen) atoms. The minimum absolute atomic E-state index is 0.0477. The van der Waals surface area contributed by atoms with E-state index in [2.05, 4.69) is 10.2 Å². The van der Waals surface area contributed by atoms with Crippen molar-refractivity contribution >= 4 is 23.2 Å². The van der Waals surface area contributed by atoms with Crippen LogP contribution >= 0.6 is 0 Å². The second-order valence-corrected chi connectivity index (χ2v) is 9.05. The minimum atomic E-state index is -0.543. The zero-order valence-corrected chi connectivity index (χ0v) is 18.0. The largest absolute Gasteiger partial charge is 0.370 e. The summed E-state index contributed by atoms with van der Waals surface area (Å²) in [5.41, 5.74) is 6.61. The van der Waals surface area contributed by atoms with Gasteiger partial charge in [-0.25, -0.2) is 4.39 Å². The molecule has 0 aromatic heterocycles. The summed E-state index contributed by atoms with van der Waals surface area (Å²) >= 11 is 0. The van der Waals surface area contributed by atoms with Gasteiger partial charge in [0.25, 0.3) is 5.91 Å². The van der Waals surface area contributed by atoms with Gasteiger partial charge < -0.3 is 20.7 Å². The van der Waals surface area contributed by atoms with E-state index in [0.717, 1.165) is 13.1 Å². The van der Waals surface area contributed by atoms with Crippen LogP contribution in [0.15, 0.2) is 18.2 Å². The van der Waals surface area contributed by atoms with Gasteiger partial charge in [-0.15, -0.1) is 0 Å². The molecule has 7 nitrogen and oxygen atoms in total. The molecule has 1 aromatic rings. The lowest BCUT2D eigenvalue weighted by atomic mass is 9.82. The summed E-state index contributed by atoms with van der Waals surface area (Å²) < 4.78 is 19.8. The quantitative estimate of drug-likeness (QED) is 0.626. The molecule has 3 N–H and O–H groups in total. The average molecular weight is 433 g/mol. The molecular formula is C23H33FN4O3. The maximum Gasteiger partial charge on any atom is 0.253 e. The summed E-state index contributed by atoms with van der Waals surface area (Å²) in [6.07, 6.45) is 7.39. The normalized spacial score (nSPS) is 21.0. The van der Waals surface area contributed by atoms with Crippen molar-refractivity contribution in [3.05, 3.63) is 24.0 Å². The fraction of sp³-hybridized carbons (Fsp3) is 0.652. The van der Waals surface area contributed by atoms with E-state index in [-0.39, 0.29) is 30.7 Å². The van der Waals surface area contributed by atoms with E-state index >= 15 is 0 Å². The van der Waals surface area contributed by atoms with E-state index in [4.69, 9.17) is 10.5 Å². The first-order chi connectivity index (χ1) is 15.0. The van der Waals surface area contributed by atoms with E-state index in [9.17, 15) is 14.0 Å². The molecule has 1 saturated heterocycles. The number of carbonyl (C=O) groups excluding carboxylic acids is 2. The Morgan fingerprint density at radius 1 is 1.23 bits per heavy atom. The highest BCUT2D eigenvalue weighted by Crippen LogP contribution is 2.32. The van der Waals surface area contributed by atoms with Crippen molar-refractivity contribution in [2.45, 2.75) is 44.6 Å². The topological polar surface area (TPSA) is 87.9 Å². The Labute approximate surface area is 183 Å². The number of nitrogens with zero attached hydrogens (tertiary/aromatic N) is 2. The number of hydrogen-bond acceptors (Lipinski definition) is 5. The first-order valence-corrected chi connectivity index (χ1v) is 11.5. The van der Waals surface area contributed by atoms with Crippen LogP contribution in [0.25, 0.3) is 0 Å². The molecule has 1 aromatic carbocycles. The fourth-order valence-electron chi connectivity index (χ4n) is 4.57. The Balaban J connectivity index is 1.43. The molecule has 2 amide bonds. The van der Waals surface area contributed by atoms with Crippen LogP contribution in [-0.2, 0) is 14.3 Å². The standard InChI is InChI=1S/C23H33FN4O3/c24-19-11-18(7-8-20(19)28-9-10-31-15-22(28)29)26-23(30)21(12-25)27(13-16-3-1-4-16)14-17-5-2-6-17/h7-8,11,16-17,21H,1-6,9-10,12-15,25H2,(H,26,30)/t21-/m0/s1. The zero-order chi connectivity index (χ0) is 21.8. The van der Waals surface area contributed by atoms with Gasteiger partial charge in [-0.1, -0.05) is 12.8 Å². The molecule has 1 aliphatic heterocycles. The van der Waals surface area contributed by atoms with Gasteiger partial charge in [-0.3, -0.25) is 14.5 Å². The number of rotatable bonds is 9. The van der Waals surface area contributed by atoms with Gasteiger partial charge >= 0.3 is 0 Å². The number of hydrogen-bond donors (Lipinski definition) is 2. The molecule has 170 valence electrons. The summed E-state index contributed by atoms with van der Waals surface area (Å²) in [4.78, 5) is 28.7. The Hall–Kier alpha value is -2.03. The Kier molecular flexibility index (Phi) is 7.20. The zero-order valence-electron chi connectivity index (χ0n) is 18.0. The van der Waals surface area contributed by atoms with Crippen LogP contribution in [0.2, 0.25) is 0 Å². The molecule has 0 radical (unpaired) electrons. The van der Waals surface area contributed by atoms with Gasteiger partial charge in [0.2, 0.25) is 5.91 Å². The summed E-state index contributed by atoms with van der Waals surface area (Å²) in [5, 5.41) is 2.85. The van der Waals surface area contributed by atoms with Crippen molar-refractivity contribution in [3.63, 3.8) is 0 Å². The number of amides is 2. The van der Waals surface area contributed by atoms with Crippen LogP contribution in [0.3, 0.4) is 0 Å². The van der Waals surface area contributed by atoms with Crippen molar-refractivity contribution in [2.75, 3.05) is 49.6 Å². The summed E-state index contributed by atoms with van der Waals surface area (Å²) in [6.45, 7) is 2.67. The molecular weight excluding hydrogens is 399 g/mol. The molecule has 0 bridgehead atoms.